The highest BCUT2D eigenvalue weighted by molar-refractivity contribution is 7.98. The van der Waals surface area contributed by atoms with Crippen molar-refractivity contribution in [3.05, 3.63) is 59.4 Å². The third-order valence-electron chi connectivity index (χ3n) is 3.06. The normalized spacial score (nSPS) is 10.9. The highest BCUT2D eigenvalue weighted by Gasteiger charge is 2.17. The third-order valence-corrected chi connectivity index (χ3v) is 3.77. The Labute approximate surface area is 120 Å². The van der Waals surface area contributed by atoms with Gasteiger partial charge in [-0.2, -0.15) is 5.10 Å². The van der Waals surface area contributed by atoms with Gasteiger partial charge in [-0.3, -0.25) is 4.79 Å². The van der Waals surface area contributed by atoms with E-state index in [1.807, 2.05) is 37.4 Å². The molecule has 0 amide bonds. The maximum absolute atomic E-state index is 12.5. The van der Waals surface area contributed by atoms with Crippen LogP contribution >= 0.6 is 11.8 Å². The Hall–Kier alpha value is -2.14. The van der Waals surface area contributed by atoms with E-state index < -0.39 is 0 Å². The molecule has 0 aliphatic rings. The number of ketones is 1. The standard InChI is InChI=1S/C15H13N3OS/c1-10-8-13(20-2)18-15(17-10)12(9-16-18)14(19)11-6-4-3-5-7-11/h3-9H,1-2H3. The minimum atomic E-state index is -0.0502. The topological polar surface area (TPSA) is 47.3 Å². The summed E-state index contributed by atoms with van der Waals surface area (Å²) in [6.45, 7) is 1.92. The second kappa shape index (κ2) is 5.09. The lowest BCUT2D eigenvalue weighted by molar-refractivity contribution is 0.104. The lowest BCUT2D eigenvalue weighted by Gasteiger charge is -2.04. The zero-order chi connectivity index (χ0) is 14.1. The van der Waals surface area contributed by atoms with Crippen LogP contribution < -0.4 is 0 Å². The molecule has 0 unspecified atom stereocenters. The quantitative estimate of drug-likeness (QED) is 0.421. The average molecular weight is 283 g/mol. The zero-order valence-corrected chi connectivity index (χ0v) is 12.0. The molecule has 0 saturated carbocycles. The van der Waals surface area contributed by atoms with Gasteiger partial charge in [0.15, 0.2) is 11.4 Å². The fourth-order valence-electron chi connectivity index (χ4n) is 2.10. The van der Waals surface area contributed by atoms with Gasteiger partial charge in [-0.25, -0.2) is 9.50 Å². The minimum absolute atomic E-state index is 0.0502. The van der Waals surface area contributed by atoms with E-state index in [0.29, 0.717) is 16.8 Å². The van der Waals surface area contributed by atoms with E-state index in [2.05, 4.69) is 10.1 Å². The number of rotatable bonds is 3. The Bertz CT molecular complexity index is 780. The first kappa shape index (κ1) is 12.9. The van der Waals surface area contributed by atoms with Crippen LogP contribution in [0.3, 0.4) is 0 Å². The van der Waals surface area contributed by atoms with Gasteiger partial charge in [0.05, 0.1) is 11.8 Å². The van der Waals surface area contributed by atoms with Crippen LogP contribution in [0.2, 0.25) is 0 Å². The summed E-state index contributed by atoms with van der Waals surface area (Å²) in [6.07, 6.45) is 3.57. The van der Waals surface area contributed by atoms with Gasteiger partial charge in [-0.1, -0.05) is 30.3 Å². The number of benzene rings is 1. The summed E-state index contributed by atoms with van der Waals surface area (Å²) >= 11 is 1.58. The van der Waals surface area contributed by atoms with E-state index in [4.69, 9.17) is 0 Å². The highest BCUT2D eigenvalue weighted by Crippen LogP contribution is 2.21. The fraction of sp³-hybridized carbons (Fsp3) is 0.133. The van der Waals surface area contributed by atoms with E-state index >= 15 is 0 Å². The van der Waals surface area contributed by atoms with E-state index in [0.717, 1.165) is 10.7 Å². The maximum atomic E-state index is 12.5. The number of fused-ring (bicyclic) bond motifs is 1. The van der Waals surface area contributed by atoms with Gasteiger partial charge in [0.2, 0.25) is 0 Å². The highest BCUT2D eigenvalue weighted by atomic mass is 32.2. The third kappa shape index (κ3) is 2.10. The van der Waals surface area contributed by atoms with Crippen molar-refractivity contribution >= 4 is 23.2 Å². The molecule has 0 bridgehead atoms. The number of carbonyl (C=O) groups is 1. The number of thioether (sulfide) groups is 1. The number of aromatic nitrogens is 3. The van der Waals surface area contributed by atoms with Crippen LogP contribution in [0.1, 0.15) is 21.6 Å². The van der Waals surface area contributed by atoms with Crippen molar-refractivity contribution in [2.45, 2.75) is 11.9 Å². The van der Waals surface area contributed by atoms with Gasteiger partial charge in [0.1, 0.15) is 5.03 Å². The number of carbonyl (C=O) groups excluding carboxylic acids is 1. The van der Waals surface area contributed by atoms with Gasteiger partial charge in [-0.15, -0.1) is 11.8 Å². The van der Waals surface area contributed by atoms with Crippen LogP contribution in [0.25, 0.3) is 5.65 Å². The van der Waals surface area contributed by atoms with Gasteiger partial charge in [-0.05, 0) is 19.2 Å². The van der Waals surface area contributed by atoms with Crippen LogP contribution in [-0.2, 0) is 0 Å². The molecule has 0 atom stereocenters. The van der Waals surface area contributed by atoms with Crippen molar-refractivity contribution in [3.63, 3.8) is 0 Å². The second-order valence-electron chi connectivity index (χ2n) is 4.43. The fourth-order valence-corrected chi connectivity index (χ4v) is 2.70. The second-order valence-corrected chi connectivity index (χ2v) is 5.26. The summed E-state index contributed by atoms with van der Waals surface area (Å²) in [4.78, 5) is 17.0. The van der Waals surface area contributed by atoms with E-state index in [9.17, 15) is 4.79 Å². The monoisotopic (exact) mass is 283 g/mol. The summed E-state index contributed by atoms with van der Waals surface area (Å²) in [6, 6.07) is 11.2. The molecule has 3 aromatic rings. The smallest absolute Gasteiger partial charge is 0.198 e. The number of aryl methyl sites for hydroxylation is 1. The Morgan fingerprint density at radius 3 is 2.70 bits per heavy atom. The SMILES string of the molecule is CSc1cc(C)nc2c(C(=O)c3ccccc3)cnn12. The summed E-state index contributed by atoms with van der Waals surface area (Å²) in [5.41, 5.74) is 2.68. The van der Waals surface area contributed by atoms with Crippen LogP contribution in [0.5, 0.6) is 0 Å². The molecule has 0 radical (unpaired) electrons. The first-order valence-electron chi connectivity index (χ1n) is 6.20. The molecule has 20 heavy (non-hydrogen) atoms. The van der Waals surface area contributed by atoms with Gasteiger partial charge >= 0.3 is 0 Å². The van der Waals surface area contributed by atoms with Crippen molar-refractivity contribution in [1.29, 1.82) is 0 Å². The Balaban J connectivity index is 2.18. The summed E-state index contributed by atoms with van der Waals surface area (Å²) in [7, 11) is 0. The Morgan fingerprint density at radius 2 is 2.00 bits per heavy atom. The van der Waals surface area contributed by atoms with E-state index in [1.165, 1.54) is 0 Å². The molecule has 0 spiro atoms. The predicted molar refractivity (Wildman–Crippen MR) is 79.4 cm³/mol. The van der Waals surface area contributed by atoms with Crippen LogP contribution in [-0.4, -0.2) is 26.6 Å². The van der Waals surface area contributed by atoms with Crippen LogP contribution in [0, 0.1) is 6.92 Å². The van der Waals surface area contributed by atoms with Crippen molar-refractivity contribution in [3.8, 4) is 0 Å². The van der Waals surface area contributed by atoms with Crippen LogP contribution in [0.15, 0.2) is 47.6 Å². The first-order valence-corrected chi connectivity index (χ1v) is 7.42. The molecule has 100 valence electrons. The van der Waals surface area contributed by atoms with Crippen molar-refractivity contribution in [2.75, 3.05) is 6.26 Å². The molecule has 1 aromatic carbocycles. The van der Waals surface area contributed by atoms with Crippen molar-refractivity contribution < 1.29 is 4.79 Å². The zero-order valence-electron chi connectivity index (χ0n) is 11.2. The molecule has 0 saturated heterocycles. The molecular formula is C15H13N3OS. The molecule has 5 heteroatoms. The minimum Gasteiger partial charge on any atom is -0.288 e. The molecule has 2 aromatic heterocycles. The molecule has 0 fully saturated rings. The number of nitrogens with zero attached hydrogens (tertiary/aromatic N) is 3. The van der Waals surface area contributed by atoms with Crippen LogP contribution in [0.4, 0.5) is 0 Å². The summed E-state index contributed by atoms with van der Waals surface area (Å²) < 4.78 is 1.72. The van der Waals surface area contributed by atoms with Crippen molar-refractivity contribution in [1.82, 2.24) is 14.6 Å². The number of hydrogen-bond donors (Lipinski definition) is 0. The van der Waals surface area contributed by atoms with Gasteiger partial charge < -0.3 is 0 Å². The lowest BCUT2D eigenvalue weighted by Crippen LogP contribution is -2.03. The molecular weight excluding hydrogens is 270 g/mol. The summed E-state index contributed by atoms with van der Waals surface area (Å²) in [5, 5.41) is 5.26. The predicted octanol–water partition coefficient (Wildman–Crippen LogP) is 2.99. The van der Waals surface area contributed by atoms with Crippen molar-refractivity contribution in [2.24, 2.45) is 0 Å². The Kier molecular flexibility index (Phi) is 3.28. The van der Waals surface area contributed by atoms with Gasteiger partial charge in [0, 0.05) is 11.3 Å². The largest absolute Gasteiger partial charge is 0.288 e. The molecule has 0 aliphatic carbocycles. The molecule has 0 N–H and O–H groups in total. The Morgan fingerprint density at radius 1 is 1.25 bits per heavy atom. The first-order chi connectivity index (χ1) is 9.70. The molecule has 4 nitrogen and oxygen atoms in total. The number of hydrogen-bond acceptors (Lipinski definition) is 4. The van der Waals surface area contributed by atoms with E-state index in [1.54, 1.807) is 34.6 Å². The lowest BCUT2D eigenvalue weighted by atomic mass is 10.1. The molecule has 0 aliphatic heterocycles. The average Bonchev–Trinajstić information content (AvgIpc) is 2.90. The van der Waals surface area contributed by atoms with E-state index in [-0.39, 0.29) is 5.78 Å². The molecule has 3 rings (SSSR count). The molecule has 2 heterocycles. The maximum Gasteiger partial charge on any atom is 0.198 e. The van der Waals surface area contributed by atoms with Gasteiger partial charge in [0.25, 0.3) is 0 Å². The summed E-state index contributed by atoms with van der Waals surface area (Å²) in [5.74, 6) is -0.0502.